The van der Waals surface area contributed by atoms with E-state index in [1.807, 2.05) is 28.9 Å². The molecule has 0 amide bonds. The van der Waals surface area contributed by atoms with Crippen molar-refractivity contribution in [1.82, 2.24) is 20.3 Å². The molecular formula is C17H18N4. The summed E-state index contributed by atoms with van der Waals surface area (Å²) < 4.78 is 1.90. The van der Waals surface area contributed by atoms with Crippen LogP contribution in [0.1, 0.15) is 24.0 Å². The average Bonchev–Trinajstić information content (AvgIpc) is 3.23. The van der Waals surface area contributed by atoms with E-state index in [4.69, 9.17) is 0 Å². The number of nitrogens with zero attached hydrogens (tertiary/aromatic N) is 3. The highest BCUT2D eigenvalue weighted by atomic mass is 15.4. The molecule has 0 unspecified atom stereocenters. The molecule has 2 aromatic carbocycles. The Kier molecular flexibility index (Phi) is 2.97. The molecule has 4 rings (SSSR count). The van der Waals surface area contributed by atoms with Gasteiger partial charge < -0.3 is 5.32 Å². The van der Waals surface area contributed by atoms with Crippen molar-refractivity contribution in [3.05, 3.63) is 53.6 Å². The fraction of sp³-hybridized carbons (Fsp3) is 0.294. The standard InChI is InChI=1S/C17H18N4/c1-12-10-15(9-6-13(12)11-18-14-7-8-14)21-17-5-3-2-4-16(17)19-20-21/h2-6,9-10,14,18H,7-8,11H2,1H3. The van der Waals surface area contributed by atoms with Crippen LogP contribution in [0.25, 0.3) is 16.7 Å². The van der Waals surface area contributed by atoms with Gasteiger partial charge in [-0.3, -0.25) is 0 Å². The zero-order valence-electron chi connectivity index (χ0n) is 12.1. The zero-order valence-corrected chi connectivity index (χ0v) is 12.1. The second-order valence-corrected chi connectivity index (χ2v) is 5.76. The Labute approximate surface area is 123 Å². The summed E-state index contributed by atoms with van der Waals surface area (Å²) in [7, 11) is 0. The smallest absolute Gasteiger partial charge is 0.113 e. The summed E-state index contributed by atoms with van der Waals surface area (Å²) in [6.45, 7) is 3.11. The maximum absolute atomic E-state index is 4.27. The summed E-state index contributed by atoms with van der Waals surface area (Å²) in [5.41, 5.74) is 5.68. The first-order valence-corrected chi connectivity index (χ1v) is 7.45. The van der Waals surface area contributed by atoms with Gasteiger partial charge in [0.2, 0.25) is 0 Å². The van der Waals surface area contributed by atoms with Crippen molar-refractivity contribution in [3.8, 4) is 5.69 Å². The van der Waals surface area contributed by atoms with Gasteiger partial charge in [-0.2, -0.15) is 0 Å². The normalized spacial score (nSPS) is 14.7. The molecule has 0 bridgehead atoms. The van der Waals surface area contributed by atoms with Crippen LogP contribution in [0.3, 0.4) is 0 Å². The summed E-state index contributed by atoms with van der Waals surface area (Å²) in [6, 6.07) is 15.3. The molecule has 3 aromatic rings. The van der Waals surface area contributed by atoms with Crippen molar-refractivity contribution in [3.63, 3.8) is 0 Å². The topological polar surface area (TPSA) is 42.7 Å². The molecule has 4 heteroatoms. The predicted octanol–water partition coefficient (Wildman–Crippen LogP) is 2.98. The number of benzene rings is 2. The SMILES string of the molecule is Cc1cc(-n2nnc3ccccc32)ccc1CNC1CC1. The highest BCUT2D eigenvalue weighted by Crippen LogP contribution is 2.22. The number of para-hydroxylation sites is 1. The Morgan fingerprint density at radius 2 is 2.05 bits per heavy atom. The van der Waals surface area contributed by atoms with E-state index in [0.29, 0.717) is 0 Å². The first kappa shape index (κ1) is 12.5. The van der Waals surface area contributed by atoms with Gasteiger partial charge in [0.05, 0.1) is 11.2 Å². The van der Waals surface area contributed by atoms with Gasteiger partial charge in [0.15, 0.2) is 0 Å². The Balaban J connectivity index is 1.67. The monoisotopic (exact) mass is 278 g/mol. The molecule has 0 spiro atoms. The fourth-order valence-electron chi connectivity index (χ4n) is 2.61. The molecule has 0 aliphatic heterocycles. The van der Waals surface area contributed by atoms with Gasteiger partial charge in [-0.25, -0.2) is 4.68 Å². The molecule has 0 saturated heterocycles. The van der Waals surface area contributed by atoms with Gasteiger partial charge in [0.25, 0.3) is 0 Å². The third kappa shape index (κ3) is 2.43. The summed E-state index contributed by atoms with van der Waals surface area (Å²) in [5.74, 6) is 0. The second-order valence-electron chi connectivity index (χ2n) is 5.76. The molecule has 1 aliphatic rings. The predicted molar refractivity (Wildman–Crippen MR) is 83.5 cm³/mol. The summed E-state index contributed by atoms with van der Waals surface area (Å²) in [6.07, 6.45) is 2.64. The van der Waals surface area contributed by atoms with Gasteiger partial charge in [0.1, 0.15) is 5.52 Å². The van der Waals surface area contributed by atoms with Gasteiger partial charge in [-0.1, -0.05) is 23.4 Å². The van der Waals surface area contributed by atoms with E-state index in [9.17, 15) is 0 Å². The van der Waals surface area contributed by atoms with Crippen molar-refractivity contribution in [2.75, 3.05) is 0 Å². The summed E-state index contributed by atoms with van der Waals surface area (Å²) in [5, 5.41) is 12.0. The van der Waals surface area contributed by atoms with Crippen molar-refractivity contribution in [2.24, 2.45) is 0 Å². The van der Waals surface area contributed by atoms with Crippen LogP contribution >= 0.6 is 0 Å². The molecule has 0 atom stereocenters. The van der Waals surface area contributed by atoms with Gasteiger partial charge in [0, 0.05) is 12.6 Å². The lowest BCUT2D eigenvalue weighted by Crippen LogP contribution is -2.16. The molecule has 1 fully saturated rings. The van der Waals surface area contributed by atoms with Gasteiger partial charge >= 0.3 is 0 Å². The lowest BCUT2D eigenvalue weighted by Gasteiger charge is -2.09. The van der Waals surface area contributed by atoms with Crippen LogP contribution < -0.4 is 5.32 Å². The van der Waals surface area contributed by atoms with Crippen molar-refractivity contribution >= 4 is 11.0 Å². The van der Waals surface area contributed by atoms with Crippen LogP contribution in [0.5, 0.6) is 0 Å². The van der Waals surface area contributed by atoms with Crippen molar-refractivity contribution in [1.29, 1.82) is 0 Å². The van der Waals surface area contributed by atoms with Crippen LogP contribution in [0.4, 0.5) is 0 Å². The fourth-order valence-corrected chi connectivity index (χ4v) is 2.61. The van der Waals surface area contributed by atoms with E-state index in [1.54, 1.807) is 0 Å². The highest BCUT2D eigenvalue weighted by Gasteiger charge is 2.20. The van der Waals surface area contributed by atoms with E-state index in [2.05, 4.69) is 40.8 Å². The molecule has 106 valence electrons. The molecule has 4 nitrogen and oxygen atoms in total. The Morgan fingerprint density at radius 3 is 2.86 bits per heavy atom. The van der Waals surface area contributed by atoms with Crippen molar-refractivity contribution < 1.29 is 0 Å². The largest absolute Gasteiger partial charge is 0.310 e. The van der Waals surface area contributed by atoms with Crippen LogP contribution in [-0.4, -0.2) is 21.0 Å². The number of nitrogens with one attached hydrogen (secondary N) is 1. The minimum atomic E-state index is 0.739. The van der Waals surface area contributed by atoms with E-state index in [-0.39, 0.29) is 0 Å². The molecule has 0 radical (unpaired) electrons. The Morgan fingerprint density at radius 1 is 1.19 bits per heavy atom. The third-order valence-corrected chi connectivity index (χ3v) is 4.08. The molecular weight excluding hydrogens is 260 g/mol. The number of hydrogen-bond donors (Lipinski definition) is 1. The summed E-state index contributed by atoms with van der Waals surface area (Å²) in [4.78, 5) is 0. The van der Waals surface area contributed by atoms with E-state index >= 15 is 0 Å². The zero-order chi connectivity index (χ0) is 14.2. The first-order chi connectivity index (χ1) is 10.3. The lowest BCUT2D eigenvalue weighted by molar-refractivity contribution is 0.684. The van der Waals surface area contributed by atoms with E-state index < -0.39 is 0 Å². The minimum Gasteiger partial charge on any atom is -0.310 e. The van der Waals surface area contributed by atoms with Crippen LogP contribution in [-0.2, 0) is 6.54 Å². The number of rotatable bonds is 4. The maximum Gasteiger partial charge on any atom is 0.113 e. The van der Waals surface area contributed by atoms with Crippen LogP contribution in [0.15, 0.2) is 42.5 Å². The van der Waals surface area contributed by atoms with E-state index in [0.717, 1.165) is 29.3 Å². The van der Waals surface area contributed by atoms with Gasteiger partial charge in [-0.15, -0.1) is 5.10 Å². The number of aryl methyl sites for hydroxylation is 1. The summed E-state index contributed by atoms with van der Waals surface area (Å²) >= 11 is 0. The maximum atomic E-state index is 4.27. The van der Waals surface area contributed by atoms with Crippen LogP contribution in [0.2, 0.25) is 0 Å². The average molecular weight is 278 g/mol. The molecule has 1 aromatic heterocycles. The minimum absolute atomic E-state index is 0.739. The highest BCUT2D eigenvalue weighted by molar-refractivity contribution is 5.75. The molecule has 1 N–H and O–H groups in total. The number of fused-ring (bicyclic) bond motifs is 1. The molecule has 1 heterocycles. The quantitative estimate of drug-likeness (QED) is 0.798. The molecule has 1 saturated carbocycles. The van der Waals surface area contributed by atoms with Crippen LogP contribution in [0, 0.1) is 6.92 Å². The van der Waals surface area contributed by atoms with Gasteiger partial charge in [-0.05, 0) is 55.2 Å². The van der Waals surface area contributed by atoms with E-state index in [1.165, 1.54) is 24.0 Å². The second kappa shape index (κ2) is 4.97. The molecule has 21 heavy (non-hydrogen) atoms. The Bertz CT molecular complexity index is 786. The first-order valence-electron chi connectivity index (χ1n) is 7.45. The number of hydrogen-bond acceptors (Lipinski definition) is 3. The third-order valence-electron chi connectivity index (χ3n) is 4.08. The molecule has 1 aliphatic carbocycles. The lowest BCUT2D eigenvalue weighted by atomic mass is 10.1. The van der Waals surface area contributed by atoms with Crippen molar-refractivity contribution in [2.45, 2.75) is 32.4 Å². The Hall–Kier alpha value is -2.20. The number of aromatic nitrogens is 3.